The molecular formula is C21H32N4O4S. The summed E-state index contributed by atoms with van der Waals surface area (Å²) in [4.78, 5) is 28.8. The largest absolute Gasteiger partial charge is 0.352 e. The molecule has 2 amide bonds. The van der Waals surface area contributed by atoms with Gasteiger partial charge in [0.15, 0.2) is 0 Å². The third kappa shape index (κ3) is 5.59. The Morgan fingerprint density at radius 1 is 1.17 bits per heavy atom. The zero-order chi connectivity index (χ0) is 21.7. The van der Waals surface area contributed by atoms with Crippen LogP contribution in [0.5, 0.6) is 0 Å². The maximum atomic E-state index is 12.6. The number of carbonyl (C=O) groups is 2. The lowest BCUT2D eigenvalue weighted by Gasteiger charge is -2.18. The van der Waals surface area contributed by atoms with Crippen molar-refractivity contribution in [2.45, 2.75) is 37.1 Å². The summed E-state index contributed by atoms with van der Waals surface area (Å²) in [5, 5.41) is 2.88. The highest BCUT2D eigenvalue weighted by molar-refractivity contribution is 7.89. The van der Waals surface area contributed by atoms with Crippen molar-refractivity contribution in [3.8, 4) is 0 Å². The molecule has 30 heavy (non-hydrogen) atoms. The molecule has 1 aromatic rings. The summed E-state index contributed by atoms with van der Waals surface area (Å²) >= 11 is 0. The van der Waals surface area contributed by atoms with Crippen LogP contribution in [-0.4, -0.2) is 81.2 Å². The lowest BCUT2D eigenvalue weighted by atomic mass is 10.1. The molecule has 0 saturated carbocycles. The van der Waals surface area contributed by atoms with Crippen molar-refractivity contribution in [2.24, 2.45) is 5.92 Å². The summed E-state index contributed by atoms with van der Waals surface area (Å²) in [7, 11) is 0.568. The Balaban J connectivity index is 1.48. The number of hydrogen-bond acceptors (Lipinski definition) is 5. The van der Waals surface area contributed by atoms with Gasteiger partial charge in [-0.3, -0.25) is 9.59 Å². The third-order valence-electron chi connectivity index (χ3n) is 5.71. The Kier molecular flexibility index (Phi) is 7.49. The Labute approximate surface area is 179 Å². The van der Waals surface area contributed by atoms with Crippen LogP contribution in [0, 0.1) is 5.92 Å². The minimum Gasteiger partial charge on any atom is -0.352 e. The first-order valence-electron chi connectivity index (χ1n) is 10.6. The summed E-state index contributed by atoms with van der Waals surface area (Å²) in [6.45, 7) is 3.51. The number of benzene rings is 1. The Morgan fingerprint density at radius 3 is 2.47 bits per heavy atom. The van der Waals surface area contributed by atoms with E-state index in [0.717, 1.165) is 31.4 Å². The lowest BCUT2D eigenvalue weighted by Crippen LogP contribution is -2.33. The van der Waals surface area contributed by atoms with E-state index >= 15 is 0 Å². The van der Waals surface area contributed by atoms with E-state index in [1.807, 2.05) is 14.1 Å². The predicted molar refractivity (Wildman–Crippen MR) is 114 cm³/mol. The maximum Gasteiger partial charge on any atom is 0.243 e. The zero-order valence-corrected chi connectivity index (χ0v) is 18.7. The first-order valence-corrected chi connectivity index (χ1v) is 12.0. The Bertz CT molecular complexity index is 848. The van der Waals surface area contributed by atoms with Crippen molar-refractivity contribution in [3.63, 3.8) is 0 Å². The van der Waals surface area contributed by atoms with E-state index in [9.17, 15) is 18.0 Å². The van der Waals surface area contributed by atoms with Crippen molar-refractivity contribution >= 4 is 21.8 Å². The standard InChI is InChI=1S/C21H32N4O4S/c1-23(2)10-5-11-24-16-18(14-20(24)26)21(27)22-15-17-6-8-19(9-7-17)30(28,29)25-12-3-4-13-25/h6-9,18H,3-5,10-16H2,1-2H3,(H,22,27). The number of sulfonamides is 1. The monoisotopic (exact) mass is 436 g/mol. The molecular weight excluding hydrogens is 404 g/mol. The van der Waals surface area contributed by atoms with E-state index in [1.165, 1.54) is 4.31 Å². The van der Waals surface area contributed by atoms with E-state index < -0.39 is 10.0 Å². The molecule has 0 radical (unpaired) electrons. The van der Waals surface area contributed by atoms with Crippen LogP contribution in [0.15, 0.2) is 29.2 Å². The van der Waals surface area contributed by atoms with Gasteiger partial charge >= 0.3 is 0 Å². The molecule has 1 atom stereocenters. The third-order valence-corrected chi connectivity index (χ3v) is 7.62. The van der Waals surface area contributed by atoms with Crippen LogP contribution in [0.25, 0.3) is 0 Å². The number of hydrogen-bond donors (Lipinski definition) is 1. The summed E-state index contributed by atoms with van der Waals surface area (Å²) < 4.78 is 26.7. The molecule has 0 spiro atoms. The highest BCUT2D eigenvalue weighted by atomic mass is 32.2. The van der Waals surface area contributed by atoms with Crippen LogP contribution in [0.3, 0.4) is 0 Å². The van der Waals surface area contributed by atoms with Gasteiger partial charge in [-0.2, -0.15) is 4.31 Å². The summed E-state index contributed by atoms with van der Waals surface area (Å²) in [6.07, 6.45) is 2.95. The molecule has 2 heterocycles. The smallest absolute Gasteiger partial charge is 0.243 e. The Morgan fingerprint density at radius 2 is 1.83 bits per heavy atom. The molecule has 0 aliphatic carbocycles. The molecule has 9 heteroatoms. The van der Waals surface area contributed by atoms with Crippen LogP contribution in [0.2, 0.25) is 0 Å². The fourth-order valence-corrected chi connectivity index (χ4v) is 5.45. The zero-order valence-electron chi connectivity index (χ0n) is 17.8. The van der Waals surface area contributed by atoms with E-state index in [-0.39, 0.29) is 29.0 Å². The van der Waals surface area contributed by atoms with E-state index in [4.69, 9.17) is 0 Å². The van der Waals surface area contributed by atoms with Gasteiger partial charge in [0, 0.05) is 39.1 Å². The molecule has 2 aliphatic rings. The number of rotatable bonds is 9. The van der Waals surface area contributed by atoms with Gasteiger partial charge in [-0.1, -0.05) is 12.1 Å². The SMILES string of the molecule is CN(C)CCCN1CC(C(=O)NCc2ccc(S(=O)(=O)N3CCCC3)cc2)CC1=O. The van der Waals surface area contributed by atoms with Gasteiger partial charge in [0.2, 0.25) is 21.8 Å². The molecule has 166 valence electrons. The average Bonchev–Trinajstić information content (AvgIpc) is 3.37. The molecule has 1 aromatic carbocycles. The van der Waals surface area contributed by atoms with E-state index in [0.29, 0.717) is 32.7 Å². The van der Waals surface area contributed by atoms with Gasteiger partial charge < -0.3 is 15.1 Å². The minimum atomic E-state index is -3.43. The van der Waals surface area contributed by atoms with Crippen molar-refractivity contribution in [2.75, 3.05) is 46.8 Å². The van der Waals surface area contributed by atoms with Crippen LogP contribution >= 0.6 is 0 Å². The van der Waals surface area contributed by atoms with Gasteiger partial charge in [0.1, 0.15) is 0 Å². The molecule has 3 rings (SSSR count). The number of carbonyl (C=O) groups excluding carboxylic acids is 2. The van der Waals surface area contributed by atoms with Crippen molar-refractivity contribution in [1.29, 1.82) is 0 Å². The number of likely N-dealkylation sites (tertiary alicyclic amines) is 1. The van der Waals surface area contributed by atoms with Gasteiger partial charge in [-0.25, -0.2) is 8.42 Å². The molecule has 1 N–H and O–H groups in total. The Hall–Kier alpha value is -1.97. The second-order valence-corrected chi connectivity index (χ2v) is 10.3. The van der Waals surface area contributed by atoms with Gasteiger partial charge in [-0.15, -0.1) is 0 Å². The maximum absolute atomic E-state index is 12.6. The first-order chi connectivity index (χ1) is 14.3. The summed E-state index contributed by atoms with van der Waals surface area (Å²) in [5.41, 5.74) is 0.830. The molecule has 2 saturated heterocycles. The van der Waals surface area contributed by atoms with Crippen molar-refractivity contribution < 1.29 is 18.0 Å². The first kappa shape index (κ1) is 22.7. The number of nitrogens with zero attached hydrogens (tertiary/aromatic N) is 3. The fraction of sp³-hybridized carbons (Fsp3) is 0.619. The second-order valence-electron chi connectivity index (χ2n) is 8.37. The fourth-order valence-electron chi connectivity index (χ4n) is 3.93. The van der Waals surface area contributed by atoms with Crippen molar-refractivity contribution in [1.82, 2.24) is 19.4 Å². The highest BCUT2D eigenvalue weighted by Gasteiger charge is 2.33. The van der Waals surface area contributed by atoms with Crippen LogP contribution < -0.4 is 5.32 Å². The van der Waals surface area contributed by atoms with Crippen LogP contribution in [0.1, 0.15) is 31.2 Å². The lowest BCUT2D eigenvalue weighted by molar-refractivity contribution is -0.129. The van der Waals surface area contributed by atoms with Crippen LogP contribution in [0.4, 0.5) is 0 Å². The van der Waals surface area contributed by atoms with Gasteiger partial charge in [0.25, 0.3) is 0 Å². The predicted octanol–water partition coefficient (Wildman–Crippen LogP) is 0.888. The van der Waals surface area contributed by atoms with E-state index in [1.54, 1.807) is 29.2 Å². The summed E-state index contributed by atoms with van der Waals surface area (Å²) in [6, 6.07) is 6.66. The van der Waals surface area contributed by atoms with Crippen LogP contribution in [-0.2, 0) is 26.2 Å². The van der Waals surface area contributed by atoms with Crippen molar-refractivity contribution in [3.05, 3.63) is 29.8 Å². The number of amides is 2. The number of nitrogens with one attached hydrogen (secondary N) is 1. The van der Waals surface area contributed by atoms with Gasteiger partial charge in [0.05, 0.1) is 10.8 Å². The molecule has 8 nitrogen and oxygen atoms in total. The average molecular weight is 437 g/mol. The topological polar surface area (TPSA) is 90.0 Å². The van der Waals surface area contributed by atoms with E-state index in [2.05, 4.69) is 10.2 Å². The second kappa shape index (κ2) is 9.89. The molecule has 1 unspecified atom stereocenters. The highest BCUT2D eigenvalue weighted by Crippen LogP contribution is 2.21. The molecule has 2 aliphatic heterocycles. The quantitative estimate of drug-likeness (QED) is 0.621. The molecule has 0 bridgehead atoms. The minimum absolute atomic E-state index is 0.0328. The molecule has 2 fully saturated rings. The summed E-state index contributed by atoms with van der Waals surface area (Å²) in [5.74, 6) is -0.427. The molecule has 0 aromatic heterocycles. The van der Waals surface area contributed by atoms with Gasteiger partial charge in [-0.05, 0) is 57.6 Å². The normalized spacial score (nSPS) is 20.3.